The van der Waals surface area contributed by atoms with Crippen LogP contribution in [0.25, 0.3) is 0 Å². The SMILES string of the molecule is O=C(CCc1ccccc1Cl)Nc1cccc(OCc2cccnc2)c1. The van der Waals surface area contributed by atoms with Crippen molar-refractivity contribution in [3.63, 3.8) is 0 Å². The van der Waals surface area contributed by atoms with Crippen molar-refractivity contribution in [3.05, 3.63) is 89.2 Å². The van der Waals surface area contributed by atoms with Gasteiger partial charge in [-0.1, -0.05) is 41.9 Å². The Morgan fingerprint density at radius 1 is 1.08 bits per heavy atom. The molecule has 1 N–H and O–H groups in total. The lowest BCUT2D eigenvalue weighted by Gasteiger charge is -2.09. The molecular formula is C21H19ClN2O2. The molecule has 0 fully saturated rings. The molecule has 0 saturated carbocycles. The van der Waals surface area contributed by atoms with E-state index >= 15 is 0 Å². The number of amides is 1. The van der Waals surface area contributed by atoms with E-state index in [0.29, 0.717) is 35.9 Å². The molecule has 0 unspecified atom stereocenters. The van der Waals surface area contributed by atoms with Crippen LogP contribution in [0.5, 0.6) is 5.75 Å². The number of halogens is 1. The lowest BCUT2D eigenvalue weighted by molar-refractivity contribution is -0.116. The van der Waals surface area contributed by atoms with Crippen LogP contribution in [0, 0.1) is 0 Å². The minimum absolute atomic E-state index is 0.0608. The quantitative estimate of drug-likeness (QED) is 0.648. The number of nitrogens with zero attached hydrogens (tertiary/aromatic N) is 1. The van der Waals surface area contributed by atoms with Gasteiger partial charge in [0.1, 0.15) is 12.4 Å². The van der Waals surface area contributed by atoms with Gasteiger partial charge in [-0.05, 0) is 36.2 Å². The Morgan fingerprint density at radius 3 is 2.77 bits per heavy atom. The number of ether oxygens (including phenoxy) is 1. The average molecular weight is 367 g/mol. The molecule has 0 aliphatic carbocycles. The van der Waals surface area contributed by atoms with Crippen molar-refractivity contribution in [1.29, 1.82) is 0 Å². The van der Waals surface area contributed by atoms with Crippen LogP contribution in [-0.2, 0) is 17.8 Å². The Bertz CT molecular complexity index is 869. The van der Waals surface area contributed by atoms with E-state index in [1.54, 1.807) is 12.4 Å². The summed E-state index contributed by atoms with van der Waals surface area (Å²) in [6.07, 6.45) is 4.45. The Kier molecular flexibility index (Phi) is 6.23. The molecule has 0 aliphatic rings. The molecule has 0 aliphatic heterocycles. The highest BCUT2D eigenvalue weighted by molar-refractivity contribution is 6.31. The monoisotopic (exact) mass is 366 g/mol. The standard InChI is InChI=1S/C21H19ClN2O2/c22-20-9-2-1-6-17(20)10-11-21(25)24-18-7-3-8-19(13-18)26-15-16-5-4-12-23-14-16/h1-9,12-14H,10-11,15H2,(H,24,25). The maximum atomic E-state index is 12.2. The number of aromatic nitrogens is 1. The minimum Gasteiger partial charge on any atom is -0.489 e. The predicted molar refractivity (Wildman–Crippen MR) is 103 cm³/mol. The molecule has 1 amide bonds. The zero-order chi connectivity index (χ0) is 18.2. The number of carbonyl (C=O) groups excluding carboxylic acids is 1. The van der Waals surface area contributed by atoms with Crippen LogP contribution in [0.3, 0.4) is 0 Å². The van der Waals surface area contributed by atoms with Crippen molar-refractivity contribution in [1.82, 2.24) is 4.98 Å². The van der Waals surface area contributed by atoms with Crippen molar-refractivity contribution in [3.8, 4) is 5.75 Å². The molecule has 0 spiro atoms. The van der Waals surface area contributed by atoms with E-state index in [4.69, 9.17) is 16.3 Å². The third-order valence-electron chi connectivity index (χ3n) is 3.83. The molecule has 4 nitrogen and oxygen atoms in total. The Hall–Kier alpha value is -2.85. The normalized spacial score (nSPS) is 10.3. The number of rotatable bonds is 7. The molecule has 3 rings (SSSR count). The molecule has 3 aromatic rings. The minimum atomic E-state index is -0.0608. The number of carbonyl (C=O) groups is 1. The van der Waals surface area contributed by atoms with Gasteiger partial charge >= 0.3 is 0 Å². The van der Waals surface area contributed by atoms with Gasteiger partial charge in [0.15, 0.2) is 0 Å². The maximum absolute atomic E-state index is 12.2. The topological polar surface area (TPSA) is 51.2 Å². The van der Waals surface area contributed by atoms with E-state index in [2.05, 4.69) is 10.3 Å². The van der Waals surface area contributed by atoms with Crippen molar-refractivity contribution < 1.29 is 9.53 Å². The first-order chi connectivity index (χ1) is 12.7. The number of benzene rings is 2. The summed E-state index contributed by atoms with van der Waals surface area (Å²) in [4.78, 5) is 16.2. The van der Waals surface area contributed by atoms with Crippen LogP contribution in [0.2, 0.25) is 5.02 Å². The summed E-state index contributed by atoms with van der Waals surface area (Å²) >= 11 is 6.12. The fourth-order valence-corrected chi connectivity index (χ4v) is 2.72. The second-order valence-electron chi connectivity index (χ2n) is 5.82. The summed E-state index contributed by atoms with van der Waals surface area (Å²) in [6, 6.07) is 18.7. The highest BCUT2D eigenvalue weighted by Crippen LogP contribution is 2.20. The zero-order valence-electron chi connectivity index (χ0n) is 14.2. The molecule has 0 bridgehead atoms. The van der Waals surface area contributed by atoms with Gasteiger partial charge < -0.3 is 10.1 Å². The summed E-state index contributed by atoms with van der Waals surface area (Å²) < 4.78 is 5.75. The Morgan fingerprint density at radius 2 is 1.96 bits per heavy atom. The second kappa shape index (κ2) is 9.02. The van der Waals surface area contributed by atoms with Crippen LogP contribution in [0.4, 0.5) is 5.69 Å². The highest BCUT2D eigenvalue weighted by atomic mass is 35.5. The summed E-state index contributed by atoms with van der Waals surface area (Å²) in [5.74, 6) is 0.632. The van der Waals surface area contributed by atoms with Gasteiger partial charge in [-0.2, -0.15) is 0 Å². The van der Waals surface area contributed by atoms with E-state index in [9.17, 15) is 4.79 Å². The fraction of sp³-hybridized carbons (Fsp3) is 0.143. The predicted octanol–water partition coefficient (Wildman–Crippen LogP) is 4.89. The molecule has 132 valence electrons. The lowest BCUT2D eigenvalue weighted by atomic mass is 10.1. The van der Waals surface area contributed by atoms with Crippen molar-refractivity contribution in [2.24, 2.45) is 0 Å². The van der Waals surface area contributed by atoms with Gasteiger partial charge in [-0.3, -0.25) is 9.78 Å². The third-order valence-corrected chi connectivity index (χ3v) is 4.19. The van der Waals surface area contributed by atoms with Crippen LogP contribution in [0.15, 0.2) is 73.1 Å². The Balaban J connectivity index is 1.53. The average Bonchev–Trinajstić information content (AvgIpc) is 2.67. The third kappa shape index (κ3) is 5.33. The summed E-state index contributed by atoms with van der Waals surface area (Å²) in [5.41, 5.74) is 2.66. The number of anilines is 1. The van der Waals surface area contributed by atoms with Gasteiger partial charge in [0.2, 0.25) is 5.91 Å². The molecule has 5 heteroatoms. The smallest absolute Gasteiger partial charge is 0.224 e. The van der Waals surface area contributed by atoms with E-state index in [1.807, 2.05) is 60.7 Å². The summed E-state index contributed by atoms with van der Waals surface area (Å²) in [5, 5.41) is 3.58. The van der Waals surface area contributed by atoms with Crippen LogP contribution in [-0.4, -0.2) is 10.9 Å². The first-order valence-corrected chi connectivity index (χ1v) is 8.73. The molecule has 26 heavy (non-hydrogen) atoms. The van der Waals surface area contributed by atoms with Gasteiger partial charge in [0.25, 0.3) is 0 Å². The molecule has 1 aromatic heterocycles. The van der Waals surface area contributed by atoms with E-state index < -0.39 is 0 Å². The van der Waals surface area contributed by atoms with Gasteiger partial charge in [-0.15, -0.1) is 0 Å². The summed E-state index contributed by atoms with van der Waals surface area (Å²) in [6.45, 7) is 0.428. The van der Waals surface area contributed by atoms with E-state index in [-0.39, 0.29) is 5.91 Å². The van der Waals surface area contributed by atoms with Crippen LogP contribution < -0.4 is 10.1 Å². The number of pyridine rings is 1. The van der Waals surface area contributed by atoms with Crippen LogP contribution in [0.1, 0.15) is 17.5 Å². The number of hydrogen-bond acceptors (Lipinski definition) is 3. The molecular weight excluding hydrogens is 348 g/mol. The van der Waals surface area contributed by atoms with E-state index in [1.165, 1.54) is 0 Å². The number of hydrogen-bond donors (Lipinski definition) is 1. The number of aryl methyl sites for hydroxylation is 1. The maximum Gasteiger partial charge on any atom is 0.224 e. The van der Waals surface area contributed by atoms with E-state index in [0.717, 1.165) is 11.1 Å². The Labute approximate surface area is 157 Å². The van der Waals surface area contributed by atoms with Crippen LogP contribution >= 0.6 is 11.6 Å². The highest BCUT2D eigenvalue weighted by Gasteiger charge is 2.06. The van der Waals surface area contributed by atoms with Crippen molar-refractivity contribution in [2.75, 3.05) is 5.32 Å². The van der Waals surface area contributed by atoms with Gasteiger partial charge in [-0.25, -0.2) is 0 Å². The first kappa shape index (κ1) is 18.0. The second-order valence-corrected chi connectivity index (χ2v) is 6.22. The molecule has 0 radical (unpaired) electrons. The largest absolute Gasteiger partial charge is 0.489 e. The number of nitrogens with one attached hydrogen (secondary N) is 1. The summed E-state index contributed by atoms with van der Waals surface area (Å²) in [7, 11) is 0. The zero-order valence-corrected chi connectivity index (χ0v) is 14.9. The van der Waals surface area contributed by atoms with Gasteiger partial charge in [0, 0.05) is 41.2 Å². The molecule has 0 atom stereocenters. The van der Waals surface area contributed by atoms with Gasteiger partial charge in [0.05, 0.1) is 0 Å². The molecule has 0 saturated heterocycles. The first-order valence-electron chi connectivity index (χ1n) is 8.36. The fourth-order valence-electron chi connectivity index (χ4n) is 2.49. The lowest BCUT2D eigenvalue weighted by Crippen LogP contribution is -2.12. The van der Waals surface area contributed by atoms with Crippen molar-refractivity contribution >= 4 is 23.2 Å². The molecule has 2 aromatic carbocycles. The molecule has 1 heterocycles. The van der Waals surface area contributed by atoms with Crippen molar-refractivity contribution in [2.45, 2.75) is 19.4 Å².